The van der Waals surface area contributed by atoms with Gasteiger partial charge in [-0.2, -0.15) is 0 Å². The van der Waals surface area contributed by atoms with Crippen molar-refractivity contribution in [3.8, 4) is 5.75 Å². The lowest BCUT2D eigenvalue weighted by Gasteiger charge is -2.12. The number of hydrogen-bond donors (Lipinski definition) is 0. The minimum atomic E-state index is 0.608. The first-order valence-corrected chi connectivity index (χ1v) is 6.70. The highest BCUT2D eigenvalue weighted by molar-refractivity contribution is 9.09. The van der Waals surface area contributed by atoms with Crippen LogP contribution in [-0.4, -0.2) is 11.9 Å². The first kappa shape index (κ1) is 11.3. The number of benzene rings is 1. The molecular formula is C12H14BrClO. The molecule has 1 heterocycles. The van der Waals surface area contributed by atoms with Gasteiger partial charge in [-0.05, 0) is 35.6 Å². The molecule has 1 nitrogen and oxygen atoms in total. The second kappa shape index (κ2) is 4.75. The predicted octanol–water partition coefficient (Wildman–Crippen LogP) is 3.85. The fourth-order valence-corrected chi connectivity index (χ4v) is 2.42. The average Bonchev–Trinajstić information content (AvgIpc) is 2.65. The van der Waals surface area contributed by atoms with Gasteiger partial charge in [-0.15, -0.1) is 0 Å². The lowest BCUT2D eigenvalue weighted by molar-refractivity contribution is 0.352. The van der Waals surface area contributed by atoms with Crippen LogP contribution in [-0.2, 0) is 12.8 Å². The molecule has 0 aromatic heterocycles. The van der Waals surface area contributed by atoms with Crippen LogP contribution < -0.4 is 4.74 Å². The van der Waals surface area contributed by atoms with Gasteiger partial charge in [0.25, 0.3) is 0 Å². The minimum absolute atomic E-state index is 0.608. The molecule has 3 heteroatoms. The van der Waals surface area contributed by atoms with E-state index < -0.39 is 0 Å². The van der Waals surface area contributed by atoms with Crippen molar-refractivity contribution >= 4 is 27.5 Å². The summed E-state index contributed by atoms with van der Waals surface area (Å²) in [6.07, 6.45) is 2.01. The van der Waals surface area contributed by atoms with Crippen molar-refractivity contribution in [3.63, 3.8) is 0 Å². The Morgan fingerprint density at radius 2 is 2.33 bits per heavy atom. The lowest BCUT2D eigenvalue weighted by atomic mass is 9.99. The van der Waals surface area contributed by atoms with Crippen LogP contribution in [0.25, 0.3) is 0 Å². The second-order valence-electron chi connectivity index (χ2n) is 4.12. The van der Waals surface area contributed by atoms with Crippen LogP contribution in [0.5, 0.6) is 5.75 Å². The normalized spacial score (nSPS) is 15.9. The van der Waals surface area contributed by atoms with E-state index in [1.165, 1.54) is 11.1 Å². The summed E-state index contributed by atoms with van der Waals surface area (Å²) in [7, 11) is 0. The molecule has 0 fully saturated rings. The highest BCUT2D eigenvalue weighted by Gasteiger charge is 2.18. The van der Waals surface area contributed by atoms with Gasteiger partial charge in [-0.25, -0.2) is 0 Å². The molecule has 1 unspecified atom stereocenters. The Bertz CT molecular complexity index is 365. The predicted molar refractivity (Wildman–Crippen MR) is 67.3 cm³/mol. The molecule has 0 saturated carbocycles. The third kappa shape index (κ3) is 2.48. The van der Waals surface area contributed by atoms with Gasteiger partial charge in [0.2, 0.25) is 0 Å². The Kier molecular flexibility index (Phi) is 3.57. The molecule has 15 heavy (non-hydrogen) atoms. The zero-order chi connectivity index (χ0) is 10.8. The third-order valence-electron chi connectivity index (χ3n) is 2.66. The third-order valence-corrected chi connectivity index (χ3v) is 3.98. The van der Waals surface area contributed by atoms with Crippen LogP contribution in [0.1, 0.15) is 18.1 Å². The van der Waals surface area contributed by atoms with Gasteiger partial charge in [0.15, 0.2) is 0 Å². The van der Waals surface area contributed by atoms with Gasteiger partial charge in [0.1, 0.15) is 5.75 Å². The van der Waals surface area contributed by atoms with E-state index in [1.54, 1.807) is 0 Å². The highest BCUT2D eigenvalue weighted by Crippen LogP contribution is 2.34. The number of ether oxygens (including phenoxy) is 1. The summed E-state index contributed by atoms with van der Waals surface area (Å²) in [5, 5.41) is 1.84. The van der Waals surface area contributed by atoms with Crippen molar-refractivity contribution in [1.82, 2.24) is 0 Å². The largest absolute Gasteiger partial charge is 0.493 e. The van der Waals surface area contributed by atoms with Crippen LogP contribution in [0.2, 0.25) is 5.02 Å². The second-order valence-corrected chi connectivity index (χ2v) is 5.20. The van der Waals surface area contributed by atoms with Crippen LogP contribution in [0, 0.1) is 5.92 Å². The Morgan fingerprint density at radius 1 is 1.53 bits per heavy atom. The van der Waals surface area contributed by atoms with Crippen LogP contribution in [0.15, 0.2) is 12.1 Å². The highest BCUT2D eigenvalue weighted by atomic mass is 79.9. The van der Waals surface area contributed by atoms with Gasteiger partial charge in [0.05, 0.1) is 6.61 Å². The van der Waals surface area contributed by atoms with Crippen molar-refractivity contribution in [1.29, 1.82) is 0 Å². The number of rotatable bonds is 3. The molecule has 1 aromatic rings. The monoisotopic (exact) mass is 288 g/mol. The standard InChI is InChI=1S/C12H14BrClO/c1-8(7-13)4-10-6-11(14)5-9-2-3-15-12(9)10/h5-6,8H,2-4,7H2,1H3. The fourth-order valence-electron chi connectivity index (χ4n) is 1.93. The fraction of sp³-hybridized carbons (Fsp3) is 0.500. The molecule has 0 radical (unpaired) electrons. The Balaban J connectivity index is 2.30. The molecule has 0 spiro atoms. The molecule has 0 saturated heterocycles. The Morgan fingerprint density at radius 3 is 3.07 bits per heavy atom. The van der Waals surface area contributed by atoms with Gasteiger partial charge in [-0.3, -0.25) is 0 Å². The maximum absolute atomic E-state index is 6.09. The molecular weight excluding hydrogens is 275 g/mol. The van der Waals surface area contributed by atoms with Crippen molar-refractivity contribution in [2.24, 2.45) is 5.92 Å². The maximum Gasteiger partial charge on any atom is 0.125 e. The molecule has 1 aliphatic rings. The number of alkyl halides is 1. The van der Waals surface area contributed by atoms with Crippen LogP contribution in [0.3, 0.4) is 0 Å². The van der Waals surface area contributed by atoms with Crippen LogP contribution in [0.4, 0.5) is 0 Å². The molecule has 1 aromatic carbocycles. The smallest absolute Gasteiger partial charge is 0.125 e. The molecule has 0 aliphatic carbocycles. The zero-order valence-electron chi connectivity index (χ0n) is 8.72. The molecule has 1 aliphatic heterocycles. The van der Waals surface area contributed by atoms with Gasteiger partial charge in [-0.1, -0.05) is 34.5 Å². The van der Waals surface area contributed by atoms with Crippen molar-refractivity contribution in [2.45, 2.75) is 19.8 Å². The Hall–Kier alpha value is -0.210. The van der Waals surface area contributed by atoms with E-state index in [2.05, 4.69) is 22.9 Å². The van der Waals surface area contributed by atoms with Crippen LogP contribution >= 0.6 is 27.5 Å². The number of fused-ring (bicyclic) bond motifs is 1. The number of halogens is 2. The van der Waals surface area contributed by atoms with E-state index in [0.29, 0.717) is 5.92 Å². The quantitative estimate of drug-likeness (QED) is 0.768. The van der Waals surface area contributed by atoms with E-state index in [9.17, 15) is 0 Å². The van der Waals surface area contributed by atoms with E-state index in [0.717, 1.165) is 35.6 Å². The van der Waals surface area contributed by atoms with Crippen molar-refractivity contribution in [2.75, 3.05) is 11.9 Å². The van der Waals surface area contributed by atoms with E-state index in [1.807, 2.05) is 12.1 Å². The van der Waals surface area contributed by atoms with Gasteiger partial charge < -0.3 is 4.74 Å². The maximum atomic E-state index is 6.09. The van der Waals surface area contributed by atoms with Gasteiger partial charge in [0, 0.05) is 16.8 Å². The average molecular weight is 290 g/mol. The summed E-state index contributed by atoms with van der Waals surface area (Å²) in [4.78, 5) is 0. The summed E-state index contributed by atoms with van der Waals surface area (Å²) < 4.78 is 5.66. The van der Waals surface area contributed by atoms with E-state index >= 15 is 0 Å². The summed E-state index contributed by atoms with van der Waals surface area (Å²) in [5.74, 6) is 1.68. The van der Waals surface area contributed by atoms with E-state index in [4.69, 9.17) is 16.3 Å². The lowest BCUT2D eigenvalue weighted by Crippen LogP contribution is -2.02. The summed E-state index contributed by atoms with van der Waals surface area (Å²) >= 11 is 9.59. The molecule has 0 amide bonds. The van der Waals surface area contributed by atoms with Crippen molar-refractivity contribution < 1.29 is 4.74 Å². The molecule has 2 rings (SSSR count). The molecule has 0 N–H and O–H groups in total. The first-order chi connectivity index (χ1) is 7.20. The zero-order valence-corrected chi connectivity index (χ0v) is 11.1. The van der Waals surface area contributed by atoms with Gasteiger partial charge >= 0.3 is 0 Å². The molecule has 0 bridgehead atoms. The topological polar surface area (TPSA) is 9.23 Å². The van der Waals surface area contributed by atoms with E-state index in [-0.39, 0.29) is 0 Å². The SMILES string of the molecule is CC(CBr)Cc1cc(Cl)cc2c1OCC2. The summed E-state index contributed by atoms with van der Waals surface area (Å²) in [6, 6.07) is 4.05. The Labute approximate surface area is 104 Å². The summed E-state index contributed by atoms with van der Waals surface area (Å²) in [6.45, 7) is 3.02. The summed E-state index contributed by atoms with van der Waals surface area (Å²) in [5.41, 5.74) is 2.52. The number of hydrogen-bond acceptors (Lipinski definition) is 1. The molecule has 1 atom stereocenters. The molecule has 82 valence electrons. The minimum Gasteiger partial charge on any atom is -0.493 e. The van der Waals surface area contributed by atoms with Crippen molar-refractivity contribution in [3.05, 3.63) is 28.3 Å². The first-order valence-electron chi connectivity index (χ1n) is 5.20.